The predicted molar refractivity (Wildman–Crippen MR) is 315 cm³/mol. The summed E-state index contributed by atoms with van der Waals surface area (Å²) >= 11 is 0. The molecule has 0 nitrogen and oxygen atoms in total. The van der Waals surface area contributed by atoms with Gasteiger partial charge in [-0.05, 0) is 176 Å². The van der Waals surface area contributed by atoms with Crippen molar-refractivity contribution in [3.05, 3.63) is 289 Å². The van der Waals surface area contributed by atoms with Crippen molar-refractivity contribution in [1.29, 1.82) is 0 Å². The van der Waals surface area contributed by atoms with Crippen LogP contribution in [-0.4, -0.2) is 0 Å². The summed E-state index contributed by atoms with van der Waals surface area (Å²) in [5.74, 6) is 0. The van der Waals surface area contributed by atoms with Crippen LogP contribution in [0.3, 0.4) is 0 Å². The van der Waals surface area contributed by atoms with Crippen LogP contribution in [0, 0.1) is 0 Å². The van der Waals surface area contributed by atoms with Crippen LogP contribution in [0.2, 0.25) is 0 Å². The normalized spacial score (nSPS) is 12.4. The van der Waals surface area contributed by atoms with Crippen LogP contribution in [-0.2, 0) is 5.41 Å². The zero-order valence-electron chi connectivity index (χ0n) is 39.9. The SMILES string of the molecule is c1ccc2c(c1)ccc1c3cc(C(c4ccc5ccc6c7ccccc7ccc6c5c4)(c4ccc5ccc6c7ccccc7ccc6c5c4)c4ccc5ccc6c7ccccc7ccc6c5c4)ccc3ccc21. The van der Waals surface area contributed by atoms with Gasteiger partial charge in [0, 0.05) is 0 Å². The Kier molecular flexibility index (Phi) is 8.47. The number of benzene rings is 16. The average Bonchev–Trinajstić information content (AvgIpc) is 3.46. The highest BCUT2D eigenvalue weighted by molar-refractivity contribution is 6.21. The first-order valence-corrected chi connectivity index (χ1v) is 25.5. The van der Waals surface area contributed by atoms with Gasteiger partial charge in [-0.25, -0.2) is 0 Å². The third kappa shape index (κ3) is 5.84. The number of hydrogen-bond donors (Lipinski definition) is 0. The molecule has 0 aromatic heterocycles. The Hall–Kier alpha value is -9.36. The van der Waals surface area contributed by atoms with E-state index in [0.717, 1.165) is 0 Å². The molecular weight excluding hydrogens is 877 g/mol. The van der Waals surface area contributed by atoms with E-state index in [9.17, 15) is 0 Å². The van der Waals surface area contributed by atoms with Crippen LogP contribution in [0.1, 0.15) is 22.3 Å². The van der Waals surface area contributed by atoms with Crippen LogP contribution in [0.25, 0.3) is 129 Å². The second kappa shape index (κ2) is 15.3. The molecule has 0 fully saturated rings. The smallest absolute Gasteiger partial charge is 0.0616 e. The molecule has 73 heavy (non-hydrogen) atoms. The molecule has 0 saturated heterocycles. The number of rotatable bonds is 4. The summed E-state index contributed by atoms with van der Waals surface area (Å²) in [5, 5.41) is 30.1. The Balaban J connectivity index is 1.09. The number of hydrogen-bond acceptors (Lipinski definition) is 0. The molecule has 0 amide bonds. The third-order valence-corrected chi connectivity index (χ3v) is 16.7. The molecule has 0 spiro atoms. The lowest BCUT2D eigenvalue weighted by Crippen LogP contribution is -2.31. The molecule has 0 bridgehead atoms. The van der Waals surface area contributed by atoms with Crippen molar-refractivity contribution < 1.29 is 0 Å². The maximum Gasteiger partial charge on any atom is 0.0702 e. The maximum absolute atomic E-state index is 2.54. The average molecular weight is 921 g/mol. The van der Waals surface area contributed by atoms with E-state index in [1.807, 2.05) is 0 Å². The van der Waals surface area contributed by atoms with Gasteiger partial charge in [0.25, 0.3) is 0 Å². The van der Waals surface area contributed by atoms with Gasteiger partial charge >= 0.3 is 0 Å². The highest BCUT2D eigenvalue weighted by atomic mass is 14.4. The predicted octanol–water partition coefficient (Wildman–Crippen LogP) is 19.9. The maximum atomic E-state index is 2.54. The Morgan fingerprint density at radius 2 is 0.315 bits per heavy atom. The fourth-order valence-electron chi connectivity index (χ4n) is 13.2. The van der Waals surface area contributed by atoms with Crippen molar-refractivity contribution in [1.82, 2.24) is 0 Å². The molecular formula is C73H44. The molecule has 0 aliphatic heterocycles. The lowest BCUT2D eigenvalue weighted by Gasteiger charge is -2.38. The van der Waals surface area contributed by atoms with Crippen LogP contribution in [0.15, 0.2) is 267 Å². The van der Waals surface area contributed by atoms with Crippen molar-refractivity contribution in [2.75, 3.05) is 0 Å². The van der Waals surface area contributed by atoms with Gasteiger partial charge in [0.1, 0.15) is 0 Å². The fourth-order valence-corrected chi connectivity index (χ4v) is 13.2. The van der Waals surface area contributed by atoms with Gasteiger partial charge in [-0.15, -0.1) is 0 Å². The molecule has 0 N–H and O–H groups in total. The van der Waals surface area contributed by atoms with E-state index in [2.05, 4.69) is 267 Å². The zero-order valence-corrected chi connectivity index (χ0v) is 39.9. The molecule has 0 saturated carbocycles. The molecule has 16 rings (SSSR count). The summed E-state index contributed by atoms with van der Waals surface area (Å²) in [6, 6.07) is 102. The van der Waals surface area contributed by atoms with Gasteiger partial charge in [0.05, 0.1) is 5.41 Å². The van der Waals surface area contributed by atoms with E-state index in [4.69, 9.17) is 0 Å². The van der Waals surface area contributed by atoms with Gasteiger partial charge in [0.2, 0.25) is 0 Å². The molecule has 0 aliphatic carbocycles. The largest absolute Gasteiger partial charge is 0.0702 e. The lowest BCUT2D eigenvalue weighted by atomic mass is 9.64. The van der Waals surface area contributed by atoms with Crippen molar-refractivity contribution in [3.8, 4) is 0 Å². The van der Waals surface area contributed by atoms with E-state index in [1.54, 1.807) is 0 Å². The molecule has 336 valence electrons. The van der Waals surface area contributed by atoms with E-state index < -0.39 is 5.41 Å². The molecule has 0 aliphatic rings. The monoisotopic (exact) mass is 920 g/mol. The molecule has 0 heterocycles. The van der Waals surface area contributed by atoms with E-state index in [-0.39, 0.29) is 0 Å². The standard InChI is InChI=1S/C73H44/c1-5-13-57-45(9-1)21-37-65-61(57)33-25-49-17-29-53(41-69(49)65)73(54-30-18-50-26-34-62-58-14-6-2-10-46(58)22-38-66(62)70(50)42-54,55-31-19-51-27-35-63-59-15-7-3-11-47(59)23-39-67(63)71(51)43-55)56-32-20-52-28-36-64-60-16-8-4-12-48(60)24-40-68(64)72(52)44-56/h1-44H. The first-order valence-electron chi connectivity index (χ1n) is 25.5. The molecule has 16 aromatic carbocycles. The van der Waals surface area contributed by atoms with Crippen molar-refractivity contribution in [2.24, 2.45) is 0 Å². The summed E-state index contributed by atoms with van der Waals surface area (Å²) in [4.78, 5) is 0. The van der Waals surface area contributed by atoms with E-state index in [0.29, 0.717) is 0 Å². The van der Waals surface area contributed by atoms with Crippen molar-refractivity contribution in [3.63, 3.8) is 0 Å². The van der Waals surface area contributed by atoms with Gasteiger partial charge in [-0.3, -0.25) is 0 Å². The van der Waals surface area contributed by atoms with Crippen LogP contribution in [0.5, 0.6) is 0 Å². The van der Waals surface area contributed by atoms with E-state index in [1.165, 1.54) is 152 Å². The minimum Gasteiger partial charge on any atom is -0.0616 e. The second-order valence-corrected chi connectivity index (χ2v) is 20.3. The fraction of sp³-hybridized carbons (Fsp3) is 0.0137. The second-order valence-electron chi connectivity index (χ2n) is 20.3. The van der Waals surface area contributed by atoms with Gasteiger partial charge in [-0.2, -0.15) is 0 Å². The minimum absolute atomic E-state index is 0.805. The highest BCUT2D eigenvalue weighted by Crippen LogP contribution is 2.50. The van der Waals surface area contributed by atoms with Crippen molar-refractivity contribution >= 4 is 129 Å². The van der Waals surface area contributed by atoms with Gasteiger partial charge in [-0.1, -0.05) is 243 Å². The first-order chi connectivity index (χ1) is 36.2. The summed E-state index contributed by atoms with van der Waals surface area (Å²) in [6.45, 7) is 0. The Labute approximate surface area is 421 Å². The summed E-state index contributed by atoms with van der Waals surface area (Å²) in [6.07, 6.45) is 0. The Morgan fingerprint density at radius 1 is 0.137 bits per heavy atom. The van der Waals surface area contributed by atoms with Gasteiger partial charge < -0.3 is 0 Å². The first kappa shape index (κ1) is 40.4. The topological polar surface area (TPSA) is 0 Å². The quantitative estimate of drug-likeness (QED) is 0.122. The zero-order chi connectivity index (χ0) is 47.8. The lowest BCUT2D eigenvalue weighted by molar-refractivity contribution is 0.751. The number of fused-ring (bicyclic) bond motifs is 20. The molecule has 16 aromatic rings. The van der Waals surface area contributed by atoms with E-state index >= 15 is 0 Å². The Morgan fingerprint density at radius 3 is 0.548 bits per heavy atom. The highest BCUT2D eigenvalue weighted by Gasteiger charge is 2.40. The summed E-state index contributed by atoms with van der Waals surface area (Å²) in [5.41, 5.74) is 4.09. The molecule has 0 radical (unpaired) electrons. The Bertz CT molecular complexity index is 4400. The summed E-state index contributed by atoms with van der Waals surface area (Å²) in [7, 11) is 0. The molecule has 0 unspecified atom stereocenters. The van der Waals surface area contributed by atoms with Crippen LogP contribution < -0.4 is 0 Å². The molecule has 0 atom stereocenters. The summed E-state index contributed by atoms with van der Waals surface area (Å²) < 4.78 is 0. The molecule has 0 heteroatoms. The minimum atomic E-state index is -0.805. The van der Waals surface area contributed by atoms with Crippen LogP contribution >= 0.6 is 0 Å². The van der Waals surface area contributed by atoms with Crippen LogP contribution in [0.4, 0.5) is 0 Å². The van der Waals surface area contributed by atoms with Gasteiger partial charge in [0.15, 0.2) is 0 Å². The van der Waals surface area contributed by atoms with Crippen molar-refractivity contribution in [2.45, 2.75) is 5.41 Å². The third-order valence-electron chi connectivity index (χ3n) is 16.7.